The molecule has 134 valence electrons. The van der Waals surface area contributed by atoms with E-state index in [-0.39, 0.29) is 49.6 Å². The second-order valence-electron chi connectivity index (χ2n) is 4.04. The lowest BCUT2D eigenvalue weighted by Crippen LogP contribution is -2.22. The molecule has 0 saturated carbocycles. The minimum atomic E-state index is 0. The average molecular weight is 388 g/mol. The Morgan fingerprint density at radius 1 is 0.667 bits per heavy atom. The zero-order valence-electron chi connectivity index (χ0n) is 13.2. The standard InChI is InChI=1S/C13H30N4.4ClH/c1-3-15-11-7-13-17-10-5-4-9-16-12-6-8-14-2;;;;/h4-5,14-17H,3,6-13H2,1-2H3;4*1H/b5-4+;;;;. The molecule has 0 unspecified atom stereocenters. The Morgan fingerprint density at radius 3 is 1.52 bits per heavy atom. The van der Waals surface area contributed by atoms with Gasteiger partial charge in [-0.25, -0.2) is 0 Å². The first-order valence-corrected chi connectivity index (χ1v) is 6.83. The molecule has 0 radical (unpaired) electrons. The van der Waals surface area contributed by atoms with Crippen molar-refractivity contribution in [1.82, 2.24) is 21.3 Å². The Balaban J connectivity index is -0.000000213. The lowest BCUT2D eigenvalue weighted by Gasteiger charge is -2.02. The maximum Gasteiger partial charge on any atom is 0.0135 e. The molecule has 0 bridgehead atoms. The van der Waals surface area contributed by atoms with Crippen molar-refractivity contribution >= 4 is 49.6 Å². The van der Waals surface area contributed by atoms with Gasteiger partial charge < -0.3 is 21.3 Å². The fourth-order valence-corrected chi connectivity index (χ4v) is 1.44. The summed E-state index contributed by atoms with van der Waals surface area (Å²) in [7, 11) is 1.99. The van der Waals surface area contributed by atoms with E-state index in [1.165, 1.54) is 12.8 Å². The topological polar surface area (TPSA) is 48.1 Å². The third-order valence-corrected chi connectivity index (χ3v) is 2.43. The van der Waals surface area contributed by atoms with Crippen molar-refractivity contribution in [3.63, 3.8) is 0 Å². The highest BCUT2D eigenvalue weighted by molar-refractivity contribution is 5.86. The SMILES string of the molecule is CCNCCCNC/C=C/CNCCCNC.Cl.Cl.Cl.Cl. The van der Waals surface area contributed by atoms with Gasteiger partial charge in [-0.3, -0.25) is 0 Å². The van der Waals surface area contributed by atoms with Gasteiger partial charge in [0.2, 0.25) is 0 Å². The summed E-state index contributed by atoms with van der Waals surface area (Å²) >= 11 is 0. The number of hydrogen-bond acceptors (Lipinski definition) is 4. The first-order chi connectivity index (χ1) is 8.41. The summed E-state index contributed by atoms with van der Waals surface area (Å²) in [6.45, 7) is 9.53. The quantitative estimate of drug-likeness (QED) is 0.288. The average Bonchev–Trinajstić information content (AvgIpc) is 2.35. The van der Waals surface area contributed by atoms with Gasteiger partial charge in [-0.2, -0.15) is 0 Å². The van der Waals surface area contributed by atoms with Crippen molar-refractivity contribution in [2.75, 3.05) is 52.9 Å². The zero-order valence-corrected chi connectivity index (χ0v) is 16.4. The van der Waals surface area contributed by atoms with Crippen LogP contribution in [0.3, 0.4) is 0 Å². The molecule has 0 aliphatic carbocycles. The zero-order chi connectivity index (χ0) is 12.6. The van der Waals surface area contributed by atoms with Gasteiger partial charge in [0, 0.05) is 13.1 Å². The maximum atomic E-state index is 3.39. The largest absolute Gasteiger partial charge is 0.320 e. The van der Waals surface area contributed by atoms with E-state index in [1.807, 2.05) is 7.05 Å². The van der Waals surface area contributed by atoms with Gasteiger partial charge in [-0.1, -0.05) is 19.1 Å². The molecule has 0 aromatic carbocycles. The minimum Gasteiger partial charge on any atom is -0.320 e. The number of rotatable bonds is 13. The molecule has 0 aromatic rings. The molecule has 0 spiro atoms. The Hall–Kier alpha value is 0.740. The van der Waals surface area contributed by atoms with Crippen LogP contribution in [0.4, 0.5) is 0 Å². The van der Waals surface area contributed by atoms with Crippen molar-refractivity contribution in [2.45, 2.75) is 19.8 Å². The molecule has 0 aliphatic rings. The van der Waals surface area contributed by atoms with Crippen LogP contribution in [0.2, 0.25) is 0 Å². The molecule has 0 aromatic heterocycles. The lowest BCUT2D eigenvalue weighted by atomic mass is 10.4. The van der Waals surface area contributed by atoms with Crippen LogP contribution in [0.25, 0.3) is 0 Å². The monoisotopic (exact) mass is 386 g/mol. The van der Waals surface area contributed by atoms with Crippen LogP contribution in [0.5, 0.6) is 0 Å². The molecule has 4 N–H and O–H groups in total. The van der Waals surface area contributed by atoms with Gasteiger partial charge in [0.05, 0.1) is 0 Å². The summed E-state index contributed by atoms with van der Waals surface area (Å²) in [4.78, 5) is 0. The Bertz CT molecular complexity index is 174. The Kier molecular flexibility index (Phi) is 51.8. The second-order valence-corrected chi connectivity index (χ2v) is 4.04. The number of halogens is 4. The molecule has 8 heteroatoms. The Morgan fingerprint density at radius 2 is 1.10 bits per heavy atom. The van der Waals surface area contributed by atoms with Crippen LogP contribution >= 0.6 is 49.6 Å². The smallest absolute Gasteiger partial charge is 0.0135 e. The van der Waals surface area contributed by atoms with Crippen molar-refractivity contribution in [3.8, 4) is 0 Å². The van der Waals surface area contributed by atoms with Crippen LogP contribution in [0, 0.1) is 0 Å². The first kappa shape index (κ1) is 33.4. The van der Waals surface area contributed by atoms with E-state index >= 15 is 0 Å². The molecule has 0 saturated heterocycles. The molecule has 0 aliphatic heterocycles. The minimum absolute atomic E-state index is 0. The van der Waals surface area contributed by atoms with Gasteiger partial charge in [-0.05, 0) is 52.6 Å². The number of hydrogen-bond donors (Lipinski definition) is 4. The van der Waals surface area contributed by atoms with Crippen LogP contribution in [-0.4, -0.2) is 52.9 Å². The summed E-state index contributed by atoms with van der Waals surface area (Å²) in [5, 5.41) is 13.2. The van der Waals surface area contributed by atoms with Gasteiger partial charge in [-0.15, -0.1) is 49.6 Å². The van der Waals surface area contributed by atoms with Crippen molar-refractivity contribution in [3.05, 3.63) is 12.2 Å². The predicted molar refractivity (Wildman–Crippen MR) is 106 cm³/mol. The van der Waals surface area contributed by atoms with E-state index in [4.69, 9.17) is 0 Å². The highest BCUT2D eigenvalue weighted by Crippen LogP contribution is 1.76. The first-order valence-electron chi connectivity index (χ1n) is 6.83. The summed E-state index contributed by atoms with van der Waals surface area (Å²) in [6.07, 6.45) is 6.77. The van der Waals surface area contributed by atoms with Crippen molar-refractivity contribution < 1.29 is 0 Å². The van der Waals surface area contributed by atoms with E-state index in [9.17, 15) is 0 Å². The van der Waals surface area contributed by atoms with Gasteiger partial charge >= 0.3 is 0 Å². The van der Waals surface area contributed by atoms with E-state index in [2.05, 4.69) is 40.3 Å². The fourth-order valence-electron chi connectivity index (χ4n) is 1.44. The third-order valence-electron chi connectivity index (χ3n) is 2.43. The van der Waals surface area contributed by atoms with Crippen LogP contribution in [0.15, 0.2) is 12.2 Å². The predicted octanol–water partition coefficient (Wildman–Crippen LogP) is 2.02. The molecule has 21 heavy (non-hydrogen) atoms. The highest BCUT2D eigenvalue weighted by atomic mass is 35.5. The normalized spacial score (nSPS) is 9.24. The van der Waals surface area contributed by atoms with Gasteiger partial charge in [0.1, 0.15) is 0 Å². The molecule has 4 nitrogen and oxygen atoms in total. The summed E-state index contributed by atoms with van der Waals surface area (Å²) < 4.78 is 0. The van der Waals surface area contributed by atoms with E-state index in [1.54, 1.807) is 0 Å². The third kappa shape index (κ3) is 33.5. The molecule has 0 heterocycles. The van der Waals surface area contributed by atoms with Gasteiger partial charge in [0.15, 0.2) is 0 Å². The van der Waals surface area contributed by atoms with Crippen LogP contribution in [-0.2, 0) is 0 Å². The molecule has 0 amide bonds. The molecule has 0 rings (SSSR count). The summed E-state index contributed by atoms with van der Waals surface area (Å²) in [5.74, 6) is 0. The maximum absolute atomic E-state index is 3.39. The van der Waals surface area contributed by atoms with E-state index in [0.29, 0.717) is 0 Å². The van der Waals surface area contributed by atoms with Gasteiger partial charge in [0.25, 0.3) is 0 Å². The van der Waals surface area contributed by atoms with E-state index < -0.39 is 0 Å². The second kappa shape index (κ2) is 32.6. The highest BCUT2D eigenvalue weighted by Gasteiger charge is 1.86. The van der Waals surface area contributed by atoms with Crippen LogP contribution < -0.4 is 21.3 Å². The van der Waals surface area contributed by atoms with Crippen LogP contribution in [0.1, 0.15) is 19.8 Å². The summed E-state index contributed by atoms with van der Waals surface area (Å²) in [5.41, 5.74) is 0. The van der Waals surface area contributed by atoms with Crippen molar-refractivity contribution in [1.29, 1.82) is 0 Å². The molecular formula is C13H34Cl4N4. The molecular weight excluding hydrogens is 354 g/mol. The fraction of sp³-hybridized carbons (Fsp3) is 0.846. The Labute approximate surface area is 155 Å². The van der Waals surface area contributed by atoms with E-state index in [0.717, 1.165) is 45.8 Å². The molecule has 0 atom stereocenters. The number of nitrogens with one attached hydrogen (secondary N) is 4. The summed E-state index contributed by atoms with van der Waals surface area (Å²) in [6, 6.07) is 0. The van der Waals surface area contributed by atoms with Crippen molar-refractivity contribution in [2.24, 2.45) is 0 Å². The lowest BCUT2D eigenvalue weighted by molar-refractivity contribution is 0.627. The molecule has 0 fully saturated rings.